The fourth-order valence-electron chi connectivity index (χ4n) is 2.14. The Bertz CT molecular complexity index is 338. The average Bonchev–Trinajstić information content (AvgIpc) is 2.38. The summed E-state index contributed by atoms with van der Waals surface area (Å²) in [6, 6.07) is 5.23. The lowest BCUT2D eigenvalue weighted by molar-refractivity contribution is -0.711. The SMILES string of the molecule is CCCCCCCCC(C(=O)O)[n+]1ccccc1. The molecule has 100 valence electrons. The molecular formula is C15H24NO2+. The number of rotatable bonds is 9. The highest BCUT2D eigenvalue weighted by Gasteiger charge is 2.25. The minimum Gasteiger partial charge on any atom is -0.476 e. The van der Waals surface area contributed by atoms with E-state index in [4.69, 9.17) is 0 Å². The second-order valence-corrected chi connectivity index (χ2v) is 4.73. The van der Waals surface area contributed by atoms with Crippen molar-refractivity contribution in [1.29, 1.82) is 0 Å². The summed E-state index contributed by atoms with van der Waals surface area (Å²) in [4.78, 5) is 11.2. The van der Waals surface area contributed by atoms with Gasteiger partial charge in [-0.3, -0.25) is 0 Å². The molecule has 3 nitrogen and oxygen atoms in total. The van der Waals surface area contributed by atoms with Gasteiger partial charge >= 0.3 is 5.97 Å². The van der Waals surface area contributed by atoms with Crippen LogP contribution < -0.4 is 4.57 Å². The lowest BCUT2D eigenvalue weighted by atomic mass is 10.1. The molecule has 0 spiro atoms. The van der Waals surface area contributed by atoms with Crippen LogP contribution >= 0.6 is 0 Å². The molecule has 1 aromatic rings. The number of pyridine rings is 1. The molecule has 18 heavy (non-hydrogen) atoms. The van der Waals surface area contributed by atoms with Gasteiger partial charge in [-0.25, -0.2) is 4.79 Å². The summed E-state index contributed by atoms with van der Waals surface area (Å²) in [5, 5.41) is 9.25. The molecule has 1 aromatic heterocycles. The van der Waals surface area contributed by atoms with Gasteiger partial charge in [-0.1, -0.05) is 45.1 Å². The summed E-state index contributed by atoms with van der Waals surface area (Å²) < 4.78 is 1.79. The Kier molecular flexibility index (Phi) is 7.07. The topological polar surface area (TPSA) is 41.2 Å². The van der Waals surface area contributed by atoms with E-state index in [2.05, 4.69) is 6.92 Å². The molecule has 0 aliphatic rings. The molecule has 0 amide bonds. The van der Waals surface area contributed by atoms with E-state index in [-0.39, 0.29) is 0 Å². The summed E-state index contributed by atoms with van der Waals surface area (Å²) in [6.45, 7) is 2.20. The highest BCUT2D eigenvalue weighted by atomic mass is 16.4. The molecule has 0 saturated heterocycles. The first kappa shape index (κ1) is 14.7. The summed E-state index contributed by atoms with van der Waals surface area (Å²) in [7, 11) is 0. The van der Waals surface area contributed by atoms with Crippen LogP contribution in [0.15, 0.2) is 30.6 Å². The number of hydrogen-bond acceptors (Lipinski definition) is 1. The van der Waals surface area contributed by atoms with Crippen molar-refractivity contribution in [3.05, 3.63) is 30.6 Å². The number of carboxylic acid groups (broad SMARTS) is 1. The first-order valence-corrected chi connectivity index (χ1v) is 6.94. The maximum Gasteiger partial charge on any atom is 0.373 e. The zero-order valence-electron chi connectivity index (χ0n) is 11.2. The van der Waals surface area contributed by atoms with Crippen molar-refractivity contribution in [1.82, 2.24) is 0 Å². The quantitative estimate of drug-likeness (QED) is 0.539. The van der Waals surface area contributed by atoms with Crippen LogP contribution in [0.3, 0.4) is 0 Å². The number of unbranched alkanes of at least 4 members (excludes halogenated alkanes) is 5. The van der Waals surface area contributed by atoms with Crippen LogP contribution in [0, 0.1) is 0 Å². The summed E-state index contributed by atoms with van der Waals surface area (Å²) in [5.41, 5.74) is 0. The minimum atomic E-state index is -0.736. The predicted molar refractivity (Wildman–Crippen MR) is 71.3 cm³/mol. The zero-order chi connectivity index (χ0) is 13.2. The van der Waals surface area contributed by atoms with Crippen LogP contribution in [0.2, 0.25) is 0 Å². The molecule has 0 radical (unpaired) electrons. The van der Waals surface area contributed by atoms with Crippen molar-refractivity contribution < 1.29 is 14.5 Å². The zero-order valence-corrected chi connectivity index (χ0v) is 11.2. The maximum atomic E-state index is 11.2. The Morgan fingerprint density at radius 2 is 1.67 bits per heavy atom. The first-order valence-electron chi connectivity index (χ1n) is 6.94. The number of carbonyl (C=O) groups is 1. The van der Waals surface area contributed by atoms with Gasteiger partial charge in [0.2, 0.25) is 0 Å². The van der Waals surface area contributed by atoms with Gasteiger partial charge in [-0.05, 0) is 6.42 Å². The molecule has 0 aromatic carbocycles. The van der Waals surface area contributed by atoms with E-state index < -0.39 is 12.0 Å². The lowest BCUT2D eigenvalue weighted by Gasteiger charge is -2.07. The fourth-order valence-corrected chi connectivity index (χ4v) is 2.14. The van der Waals surface area contributed by atoms with E-state index in [0.29, 0.717) is 0 Å². The molecule has 1 atom stereocenters. The predicted octanol–water partition coefficient (Wildman–Crippen LogP) is 3.35. The molecule has 1 N–H and O–H groups in total. The molecule has 0 fully saturated rings. The molecular weight excluding hydrogens is 226 g/mol. The second-order valence-electron chi connectivity index (χ2n) is 4.73. The van der Waals surface area contributed by atoms with Gasteiger partial charge in [0.1, 0.15) is 0 Å². The van der Waals surface area contributed by atoms with E-state index >= 15 is 0 Å². The van der Waals surface area contributed by atoms with Gasteiger partial charge in [-0.15, -0.1) is 0 Å². The van der Waals surface area contributed by atoms with Crippen molar-refractivity contribution in [2.75, 3.05) is 0 Å². The van der Waals surface area contributed by atoms with Gasteiger partial charge in [0.15, 0.2) is 12.4 Å². The minimum absolute atomic E-state index is 0.419. The van der Waals surface area contributed by atoms with Crippen LogP contribution in [-0.2, 0) is 4.79 Å². The molecule has 1 unspecified atom stereocenters. The van der Waals surface area contributed by atoms with E-state index in [0.717, 1.165) is 19.3 Å². The Balaban J connectivity index is 2.34. The monoisotopic (exact) mass is 250 g/mol. The second kappa shape index (κ2) is 8.67. The van der Waals surface area contributed by atoms with Crippen LogP contribution in [-0.4, -0.2) is 11.1 Å². The number of carboxylic acids is 1. The number of nitrogens with zero attached hydrogens (tertiary/aromatic N) is 1. The van der Waals surface area contributed by atoms with E-state index in [1.54, 1.807) is 4.57 Å². The van der Waals surface area contributed by atoms with Crippen molar-refractivity contribution in [2.24, 2.45) is 0 Å². The Morgan fingerprint density at radius 1 is 1.06 bits per heavy atom. The Morgan fingerprint density at radius 3 is 2.28 bits per heavy atom. The smallest absolute Gasteiger partial charge is 0.373 e. The molecule has 0 saturated carbocycles. The largest absolute Gasteiger partial charge is 0.476 e. The van der Waals surface area contributed by atoms with Gasteiger partial charge in [-0.2, -0.15) is 4.57 Å². The van der Waals surface area contributed by atoms with Crippen molar-refractivity contribution >= 4 is 5.97 Å². The van der Waals surface area contributed by atoms with Crippen molar-refractivity contribution in [2.45, 2.75) is 57.9 Å². The lowest BCUT2D eigenvalue weighted by Crippen LogP contribution is -2.43. The molecule has 3 heteroatoms. The third-order valence-electron chi connectivity index (χ3n) is 3.21. The van der Waals surface area contributed by atoms with E-state index in [1.165, 1.54) is 25.7 Å². The number of aliphatic carboxylic acids is 1. The summed E-state index contributed by atoms with van der Waals surface area (Å²) in [5.74, 6) is -0.736. The van der Waals surface area contributed by atoms with Crippen LogP contribution in [0.5, 0.6) is 0 Å². The van der Waals surface area contributed by atoms with Gasteiger partial charge in [0.05, 0.1) is 0 Å². The maximum absolute atomic E-state index is 11.2. The molecule has 0 bridgehead atoms. The molecule has 1 rings (SSSR count). The first-order chi connectivity index (χ1) is 8.75. The van der Waals surface area contributed by atoms with E-state index in [9.17, 15) is 9.90 Å². The highest BCUT2D eigenvalue weighted by molar-refractivity contribution is 5.69. The molecule has 1 heterocycles. The van der Waals surface area contributed by atoms with Gasteiger partial charge in [0.25, 0.3) is 6.04 Å². The highest BCUT2D eigenvalue weighted by Crippen LogP contribution is 2.12. The van der Waals surface area contributed by atoms with Gasteiger partial charge in [0, 0.05) is 18.6 Å². The third-order valence-corrected chi connectivity index (χ3v) is 3.21. The molecule has 0 aliphatic carbocycles. The fraction of sp³-hybridized carbons (Fsp3) is 0.600. The Labute approximate surface area is 109 Å². The summed E-state index contributed by atoms with van der Waals surface area (Å²) >= 11 is 0. The van der Waals surface area contributed by atoms with E-state index in [1.807, 2.05) is 30.6 Å². The number of aromatic nitrogens is 1. The van der Waals surface area contributed by atoms with Crippen molar-refractivity contribution in [3.63, 3.8) is 0 Å². The average molecular weight is 250 g/mol. The van der Waals surface area contributed by atoms with Crippen molar-refractivity contribution in [3.8, 4) is 0 Å². The Hall–Kier alpha value is -1.38. The number of hydrogen-bond donors (Lipinski definition) is 1. The van der Waals surface area contributed by atoms with Crippen LogP contribution in [0.1, 0.15) is 57.9 Å². The van der Waals surface area contributed by atoms with Gasteiger partial charge < -0.3 is 5.11 Å². The standard InChI is InChI=1S/C15H23NO2/c1-2-3-4-5-6-8-11-14(15(17)18)16-12-9-7-10-13-16/h7,9-10,12-14H,2-6,8,11H2,1H3/p+1. The summed E-state index contributed by atoms with van der Waals surface area (Å²) in [6.07, 6.45) is 11.5. The molecule has 0 aliphatic heterocycles. The van der Waals surface area contributed by atoms with Crippen LogP contribution in [0.4, 0.5) is 0 Å². The normalized spacial score (nSPS) is 12.3. The third kappa shape index (κ3) is 5.30. The van der Waals surface area contributed by atoms with Crippen LogP contribution in [0.25, 0.3) is 0 Å².